The number of hydrogen-bond donors (Lipinski definition) is 0. The van der Waals surface area contributed by atoms with Crippen LogP contribution in [0.3, 0.4) is 0 Å². The molecule has 1 rings (SSSR count). The highest BCUT2D eigenvalue weighted by atomic mass is 79.9. The van der Waals surface area contributed by atoms with Gasteiger partial charge in [-0.25, -0.2) is 0 Å². The summed E-state index contributed by atoms with van der Waals surface area (Å²) in [5.41, 5.74) is 1.11. The number of rotatable bonds is 4. The molecule has 1 aromatic carbocycles. The van der Waals surface area contributed by atoms with Crippen LogP contribution in [0.1, 0.15) is 19.4 Å². The van der Waals surface area contributed by atoms with Gasteiger partial charge >= 0.3 is 0 Å². The van der Waals surface area contributed by atoms with E-state index in [1.54, 1.807) is 6.07 Å². The fourth-order valence-corrected chi connectivity index (χ4v) is 2.13. The molecule has 0 aliphatic carbocycles. The van der Waals surface area contributed by atoms with Gasteiger partial charge in [0.1, 0.15) is 0 Å². The predicted molar refractivity (Wildman–Crippen MR) is 72.1 cm³/mol. The van der Waals surface area contributed by atoms with Crippen molar-refractivity contribution in [2.75, 3.05) is 0 Å². The van der Waals surface area contributed by atoms with E-state index < -0.39 is 0 Å². The Labute approximate surface area is 112 Å². The van der Waals surface area contributed by atoms with Crippen molar-refractivity contribution >= 4 is 37.5 Å². The Hall–Kier alpha value is -0.420. The van der Waals surface area contributed by atoms with Crippen LogP contribution in [0.25, 0.3) is 0 Å². The van der Waals surface area contributed by atoms with E-state index in [1.165, 1.54) is 6.07 Å². The van der Waals surface area contributed by atoms with Crippen LogP contribution in [-0.4, -0.2) is 9.75 Å². The Morgan fingerprint density at radius 3 is 2.56 bits per heavy atom. The average molecular weight is 351 g/mol. The van der Waals surface area contributed by atoms with Gasteiger partial charge in [-0.3, -0.25) is 10.1 Å². The van der Waals surface area contributed by atoms with Crippen molar-refractivity contribution in [3.05, 3.63) is 38.3 Å². The minimum absolute atomic E-state index is 0.131. The first-order chi connectivity index (χ1) is 7.43. The van der Waals surface area contributed by atoms with E-state index in [-0.39, 0.29) is 10.6 Å². The van der Waals surface area contributed by atoms with Crippen molar-refractivity contribution in [3.8, 4) is 0 Å². The zero-order chi connectivity index (χ0) is 12.3. The van der Waals surface area contributed by atoms with Crippen LogP contribution in [0.15, 0.2) is 22.7 Å². The molecule has 0 aromatic heterocycles. The van der Waals surface area contributed by atoms with Gasteiger partial charge in [0, 0.05) is 10.9 Å². The topological polar surface area (TPSA) is 43.1 Å². The number of benzene rings is 1. The highest BCUT2D eigenvalue weighted by molar-refractivity contribution is 9.10. The van der Waals surface area contributed by atoms with E-state index in [0.29, 0.717) is 15.2 Å². The number of nitro groups is 1. The summed E-state index contributed by atoms with van der Waals surface area (Å²) >= 11 is 6.82. The van der Waals surface area contributed by atoms with E-state index in [2.05, 4.69) is 45.7 Å². The lowest BCUT2D eigenvalue weighted by Crippen LogP contribution is -2.10. The lowest BCUT2D eigenvalue weighted by molar-refractivity contribution is -0.385. The summed E-state index contributed by atoms with van der Waals surface area (Å²) in [5, 5.41) is 10.8. The van der Waals surface area contributed by atoms with Gasteiger partial charge in [0.25, 0.3) is 5.69 Å². The fourth-order valence-electron chi connectivity index (χ4n) is 1.37. The first-order valence-corrected chi connectivity index (χ1v) is 6.70. The summed E-state index contributed by atoms with van der Waals surface area (Å²) in [7, 11) is 0. The lowest BCUT2D eigenvalue weighted by Gasteiger charge is -2.14. The second kappa shape index (κ2) is 5.77. The molecule has 3 nitrogen and oxygen atoms in total. The standard InChI is InChI=1S/C11H13Br2NO2/c1-7(8(2)12)6-9-4-3-5-10(11(9)13)14(15)16/h3-5,7-8H,6H2,1-2H3. The number of nitro benzene ring substituents is 1. The zero-order valence-corrected chi connectivity index (χ0v) is 12.3. The van der Waals surface area contributed by atoms with Crippen LogP contribution in [0, 0.1) is 16.0 Å². The average Bonchev–Trinajstić information content (AvgIpc) is 2.20. The molecular formula is C11H13Br2NO2. The Morgan fingerprint density at radius 2 is 2.06 bits per heavy atom. The molecule has 16 heavy (non-hydrogen) atoms. The largest absolute Gasteiger partial charge is 0.283 e. The second-order valence-corrected chi connectivity index (χ2v) is 6.10. The van der Waals surface area contributed by atoms with Gasteiger partial charge in [0.2, 0.25) is 0 Å². The van der Waals surface area contributed by atoms with Gasteiger partial charge in [0.15, 0.2) is 0 Å². The van der Waals surface area contributed by atoms with Crippen molar-refractivity contribution in [1.82, 2.24) is 0 Å². The third-order valence-electron chi connectivity index (χ3n) is 2.58. The molecule has 0 saturated heterocycles. The molecule has 88 valence electrons. The van der Waals surface area contributed by atoms with Crippen LogP contribution in [0.5, 0.6) is 0 Å². The molecule has 5 heteroatoms. The monoisotopic (exact) mass is 349 g/mol. The molecule has 0 amide bonds. The van der Waals surface area contributed by atoms with Gasteiger partial charge in [-0.15, -0.1) is 0 Å². The molecule has 0 saturated carbocycles. The van der Waals surface area contributed by atoms with Crippen molar-refractivity contribution in [3.63, 3.8) is 0 Å². The fraction of sp³-hybridized carbons (Fsp3) is 0.455. The van der Waals surface area contributed by atoms with Gasteiger partial charge in [-0.2, -0.15) is 0 Å². The second-order valence-electron chi connectivity index (χ2n) is 3.87. The first kappa shape index (κ1) is 13.6. The third-order valence-corrected chi connectivity index (χ3v) is 4.40. The van der Waals surface area contributed by atoms with E-state index in [1.807, 2.05) is 6.07 Å². The van der Waals surface area contributed by atoms with Crippen LogP contribution in [0.2, 0.25) is 0 Å². The molecule has 0 radical (unpaired) electrons. The summed E-state index contributed by atoms with van der Waals surface area (Å²) < 4.78 is 0.597. The predicted octanol–water partition coefficient (Wildman–Crippen LogP) is 4.32. The van der Waals surface area contributed by atoms with Crippen molar-refractivity contribution in [1.29, 1.82) is 0 Å². The van der Waals surface area contributed by atoms with Gasteiger partial charge in [-0.1, -0.05) is 41.9 Å². The third kappa shape index (κ3) is 3.28. The van der Waals surface area contributed by atoms with E-state index in [4.69, 9.17) is 0 Å². The van der Waals surface area contributed by atoms with Crippen LogP contribution >= 0.6 is 31.9 Å². The maximum absolute atomic E-state index is 10.8. The molecule has 0 spiro atoms. The molecule has 1 aromatic rings. The smallest absolute Gasteiger partial charge is 0.258 e. The molecular weight excluding hydrogens is 338 g/mol. The minimum atomic E-state index is -0.365. The van der Waals surface area contributed by atoms with Crippen LogP contribution in [-0.2, 0) is 6.42 Å². The Kier molecular flexibility index (Phi) is 4.92. The Bertz CT molecular complexity index is 394. The Balaban J connectivity index is 2.98. The SMILES string of the molecule is CC(Br)C(C)Cc1cccc([N+](=O)[O-])c1Br. The highest BCUT2D eigenvalue weighted by Gasteiger charge is 2.17. The normalized spacial score (nSPS) is 14.5. The quantitative estimate of drug-likeness (QED) is 0.461. The van der Waals surface area contributed by atoms with E-state index >= 15 is 0 Å². The lowest BCUT2D eigenvalue weighted by atomic mass is 9.98. The molecule has 0 aliphatic heterocycles. The Morgan fingerprint density at radius 1 is 1.44 bits per heavy atom. The van der Waals surface area contributed by atoms with Crippen molar-refractivity contribution in [2.24, 2.45) is 5.92 Å². The number of alkyl halides is 1. The highest BCUT2D eigenvalue weighted by Crippen LogP contribution is 2.30. The number of hydrogen-bond acceptors (Lipinski definition) is 2. The number of nitrogens with zero attached hydrogens (tertiary/aromatic N) is 1. The summed E-state index contributed by atoms with van der Waals surface area (Å²) in [6.07, 6.45) is 0.814. The van der Waals surface area contributed by atoms with Crippen molar-refractivity contribution in [2.45, 2.75) is 25.1 Å². The first-order valence-electron chi connectivity index (χ1n) is 4.99. The molecule has 0 heterocycles. The van der Waals surface area contributed by atoms with Gasteiger partial charge in [0.05, 0.1) is 9.40 Å². The molecule has 2 atom stereocenters. The van der Waals surface area contributed by atoms with Gasteiger partial charge in [-0.05, 0) is 33.8 Å². The van der Waals surface area contributed by atoms with Crippen molar-refractivity contribution < 1.29 is 4.92 Å². The summed E-state index contributed by atoms with van der Waals surface area (Å²) in [6.45, 7) is 4.20. The van der Waals surface area contributed by atoms with E-state index in [0.717, 1.165) is 12.0 Å². The summed E-state index contributed by atoms with van der Waals surface area (Å²) in [6, 6.07) is 5.16. The van der Waals surface area contributed by atoms with Crippen LogP contribution in [0.4, 0.5) is 5.69 Å². The maximum atomic E-state index is 10.8. The minimum Gasteiger partial charge on any atom is -0.258 e. The molecule has 0 N–H and O–H groups in total. The van der Waals surface area contributed by atoms with Gasteiger partial charge < -0.3 is 0 Å². The molecule has 2 unspecified atom stereocenters. The summed E-state index contributed by atoms with van der Waals surface area (Å²) in [4.78, 5) is 10.8. The molecule has 0 aliphatic rings. The zero-order valence-electron chi connectivity index (χ0n) is 9.11. The van der Waals surface area contributed by atoms with E-state index in [9.17, 15) is 10.1 Å². The molecule has 0 bridgehead atoms. The van der Waals surface area contributed by atoms with Crippen LogP contribution < -0.4 is 0 Å². The molecule has 0 fully saturated rings. The maximum Gasteiger partial charge on any atom is 0.283 e. The summed E-state index contributed by atoms with van der Waals surface area (Å²) in [5.74, 6) is 0.429. The number of halogens is 2.